The van der Waals surface area contributed by atoms with Crippen molar-refractivity contribution in [3.8, 4) is 0 Å². The van der Waals surface area contributed by atoms with E-state index >= 15 is 0 Å². The summed E-state index contributed by atoms with van der Waals surface area (Å²) >= 11 is 0. The van der Waals surface area contributed by atoms with Gasteiger partial charge in [-0.2, -0.15) is 4.31 Å². The second-order valence-corrected chi connectivity index (χ2v) is 11.2. The van der Waals surface area contributed by atoms with Crippen LogP contribution in [0.5, 0.6) is 0 Å². The van der Waals surface area contributed by atoms with Crippen LogP contribution in [-0.2, 0) is 21.3 Å². The second-order valence-electron chi connectivity index (χ2n) is 9.16. The summed E-state index contributed by atoms with van der Waals surface area (Å²) in [6.45, 7) is 7.17. The Bertz CT molecular complexity index is 994. The van der Waals surface area contributed by atoms with Gasteiger partial charge in [-0.1, -0.05) is 30.3 Å². The van der Waals surface area contributed by atoms with Crippen molar-refractivity contribution in [3.05, 3.63) is 60.2 Å². The smallest absolute Gasteiger partial charge is 0.410 e. The van der Waals surface area contributed by atoms with Gasteiger partial charge in [0.1, 0.15) is 5.60 Å². The Balaban J connectivity index is 1.54. The third-order valence-corrected chi connectivity index (χ3v) is 7.15. The van der Waals surface area contributed by atoms with Gasteiger partial charge in [-0.25, -0.2) is 13.2 Å². The number of benzene rings is 2. The molecule has 1 fully saturated rings. The van der Waals surface area contributed by atoms with Crippen molar-refractivity contribution in [2.24, 2.45) is 0 Å². The predicted molar refractivity (Wildman–Crippen MR) is 126 cm³/mol. The van der Waals surface area contributed by atoms with E-state index in [0.29, 0.717) is 19.6 Å². The maximum Gasteiger partial charge on any atom is 0.410 e. The number of hydrogen-bond acceptors (Lipinski definition) is 5. The molecule has 3 rings (SSSR count). The van der Waals surface area contributed by atoms with Gasteiger partial charge in [0.25, 0.3) is 0 Å². The highest BCUT2D eigenvalue weighted by Crippen LogP contribution is 2.22. The highest BCUT2D eigenvalue weighted by atomic mass is 32.2. The lowest BCUT2D eigenvalue weighted by Crippen LogP contribution is -2.44. The fourth-order valence-electron chi connectivity index (χ4n) is 3.60. The first-order valence-corrected chi connectivity index (χ1v) is 12.3. The van der Waals surface area contributed by atoms with Gasteiger partial charge in [0.15, 0.2) is 0 Å². The minimum atomic E-state index is -3.57. The van der Waals surface area contributed by atoms with Crippen LogP contribution < -0.4 is 5.32 Å². The number of likely N-dealkylation sites (tertiary alicyclic amines) is 1. The minimum absolute atomic E-state index is 0.219. The van der Waals surface area contributed by atoms with Crippen molar-refractivity contribution in [2.45, 2.75) is 56.7 Å². The average molecular weight is 460 g/mol. The van der Waals surface area contributed by atoms with Gasteiger partial charge in [-0.15, -0.1) is 0 Å². The summed E-state index contributed by atoms with van der Waals surface area (Å²) in [6, 6.07) is 16.6. The lowest BCUT2D eigenvalue weighted by molar-refractivity contribution is 0.0210. The van der Waals surface area contributed by atoms with Crippen LogP contribution >= 0.6 is 0 Å². The van der Waals surface area contributed by atoms with Gasteiger partial charge in [-0.05, 0) is 63.4 Å². The topological polar surface area (TPSA) is 79.0 Å². The molecule has 0 radical (unpaired) electrons. The van der Waals surface area contributed by atoms with Crippen LogP contribution in [0.1, 0.15) is 39.2 Å². The third-order valence-electron chi connectivity index (χ3n) is 5.33. The predicted octanol–water partition coefficient (Wildman–Crippen LogP) is 4.32. The standard InChI is InChI=1S/C24H33N3O4S/c1-24(2,3)31-23(28)27-16-14-21(15-17-27)25-20-10-12-22(13-11-20)32(29,30)26(4)18-19-8-6-5-7-9-19/h5-13,21,25H,14-18H2,1-4H3. The van der Waals surface area contributed by atoms with Crippen molar-refractivity contribution < 1.29 is 17.9 Å². The van der Waals surface area contributed by atoms with E-state index in [-0.39, 0.29) is 17.0 Å². The summed E-state index contributed by atoms with van der Waals surface area (Å²) in [5.41, 5.74) is 1.31. The summed E-state index contributed by atoms with van der Waals surface area (Å²) < 4.78 is 32.6. The lowest BCUT2D eigenvalue weighted by atomic mass is 10.0. The fourth-order valence-corrected chi connectivity index (χ4v) is 4.76. The molecule has 1 saturated heterocycles. The highest BCUT2D eigenvalue weighted by molar-refractivity contribution is 7.89. The zero-order chi connectivity index (χ0) is 23.4. The Morgan fingerprint density at radius 1 is 1.06 bits per heavy atom. The normalized spacial score (nSPS) is 15.6. The highest BCUT2D eigenvalue weighted by Gasteiger charge is 2.27. The van der Waals surface area contributed by atoms with E-state index in [1.807, 2.05) is 51.1 Å². The number of amides is 1. The molecule has 8 heteroatoms. The number of piperidine rings is 1. The second kappa shape index (κ2) is 9.92. The van der Waals surface area contributed by atoms with Crippen LogP contribution in [0.3, 0.4) is 0 Å². The number of sulfonamides is 1. The summed E-state index contributed by atoms with van der Waals surface area (Å²) in [5.74, 6) is 0. The Labute approximate surface area is 191 Å². The molecule has 0 aromatic heterocycles. The van der Waals surface area contributed by atoms with Gasteiger partial charge >= 0.3 is 6.09 Å². The van der Waals surface area contributed by atoms with E-state index in [1.165, 1.54) is 4.31 Å². The Morgan fingerprint density at radius 2 is 1.66 bits per heavy atom. The van der Waals surface area contributed by atoms with Crippen LogP contribution in [0.4, 0.5) is 10.5 Å². The molecule has 7 nitrogen and oxygen atoms in total. The van der Waals surface area contributed by atoms with Crippen molar-refractivity contribution >= 4 is 21.8 Å². The zero-order valence-corrected chi connectivity index (χ0v) is 20.1. The van der Waals surface area contributed by atoms with Crippen LogP contribution in [0.2, 0.25) is 0 Å². The third kappa shape index (κ3) is 6.46. The molecule has 0 aliphatic carbocycles. The van der Waals surface area contributed by atoms with Crippen LogP contribution in [-0.4, -0.2) is 55.5 Å². The molecule has 1 aliphatic rings. The van der Waals surface area contributed by atoms with Crippen LogP contribution in [0.15, 0.2) is 59.5 Å². The summed E-state index contributed by atoms with van der Waals surface area (Å²) in [5, 5.41) is 3.45. The van der Waals surface area contributed by atoms with E-state index in [9.17, 15) is 13.2 Å². The summed E-state index contributed by atoms with van der Waals surface area (Å²) in [4.78, 5) is 14.2. The molecule has 0 saturated carbocycles. The molecular weight excluding hydrogens is 426 g/mol. The number of carbonyl (C=O) groups excluding carboxylic acids is 1. The number of carbonyl (C=O) groups is 1. The molecule has 1 heterocycles. The van der Waals surface area contributed by atoms with Gasteiger partial charge in [0, 0.05) is 38.4 Å². The summed E-state index contributed by atoms with van der Waals surface area (Å²) in [6.07, 6.45) is 1.34. The molecule has 1 amide bonds. The molecule has 174 valence electrons. The maximum atomic E-state index is 12.9. The SMILES string of the molecule is CN(Cc1ccccc1)S(=O)(=O)c1ccc(NC2CCN(C(=O)OC(C)(C)C)CC2)cc1. The number of anilines is 1. The number of ether oxygens (including phenoxy) is 1. The van der Waals surface area contributed by atoms with Gasteiger partial charge < -0.3 is 15.0 Å². The molecule has 1 N–H and O–H groups in total. The van der Waals surface area contributed by atoms with E-state index in [0.717, 1.165) is 24.1 Å². The van der Waals surface area contributed by atoms with E-state index in [2.05, 4.69) is 5.32 Å². The van der Waals surface area contributed by atoms with Crippen molar-refractivity contribution in [3.63, 3.8) is 0 Å². The quantitative estimate of drug-likeness (QED) is 0.696. The first-order chi connectivity index (χ1) is 15.0. The van der Waals surface area contributed by atoms with Gasteiger partial charge in [-0.3, -0.25) is 0 Å². The summed E-state index contributed by atoms with van der Waals surface area (Å²) in [7, 11) is -1.98. The van der Waals surface area contributed by atoms with E-state index in [1.54, 1.807) is 36.2 Å². The monoisotopic (exact) mass is 459 g/mol. The van der Waals surface area contributed by atoms with Crippen molar-refractivity contribution in [1.82, 2.24) is 9.21 Å². The number of nitrogens with one attached hydrogen (secondary N) is 1. The van der Waals surface area contributed by atoms with Crippen molar-refractivity contribution in [1.29, 1.82) is 0 Å². The lowest BCUT2D eigenvalue weighted by Gasteiger charge is -2.34. The maximum absolute atomic E-state index is 12.9. The first-order valence-electron chi connectivity index (χ1n) is 10.9. The molecule has 2 aromatic rings. The molecule has 0 unspecified atom stereocenters. The zero-order valence-electron chi connectivity index (χ0n) is 19.2. The number of nitrogens with zero attached hydrogens (tertiary/aromatic N) is 2. The van der Waals surface area contributed by atoms with Crippen LogP contribution in [0, 0.1) is 0 Å². The molecular formula is C24H33N3O4S. The van der Waals surface area contributed by atoms with Crippen LogP contribution in [0.25, 0.3) is 0 Å². The number of rotatable bonds is 6. The Hall–Kier alpha value is -2.58. The average Bonchev–Trinajstić information content (AvgIpc) is 2.74. The molecule has 32 heavy (non-hydrogen) atoms. The molecule has 1 aliphatic heterocycles. The fraction of sp³-hybridized carbons (Fsp3) is 0.458. The largest absolute Gasteiger partial charge is 0.444 e. The minimum Gasteiger partial charge on any atom is -0.444 e. The van der Waals surface area contributed by atoms with E-state index < -0.39 is 15.6 Å². The molecule has 0 atom stereocenters. The van der Waals surface area contributed by atoms with Crippen molar-refractivity contribution in [2.75, 3.05) is 25.5 Å². The Kier molecular flexibility index (Phi) is 7.46. The molecule has 2 aromatic carbocycles. The van der Waals surface area contributed by atoms with Gasteiger partial charge in [0.05, 0.1) is 4.90 Å². The molecule has 0 bridgehead atoms. The van der Waals surface area contributed by atoms with E-state index in [4.69, 9.17) is 4.74 Å². The Morgan fingerprint density at radius 3 is 2.22 bits per heavy atom. The van der Waals surface area contributed by atoms with Gasteiger partial charge in [0.2, 0.25) is 10.0 Å². The molecule has 0 spiro atoms. The number of hydrogen-bond donors (Lipinski definition) is 1. The first kappa shape index (κ1) is 24.1.